The van der Waals surface area contributed by atoms with Gasteiger partial charge in [-0.2, -0.15) is 11.8 Å². The van der Waals surface area contributed by atoms with Crippen LogP contribution in [0.5, 0.6) is 0 Å². The molecule has 1 N–H and O–H groups in total. The highest BCUT2D eigenvalue weighted by molar-refractivity contribution is 7.99. The lowest BCUT2D eigenvalue weighted by Crippen LogP contribution is -2.39. The highest BCUT2D eigenvalue weighted by Crippen LogP contribution is 2.32. The number of hydrogen-bond acceptors (Lipinski definition) is 3. The van der Waals surface area contributed by atoms with E-state index in [1.807, 2.05) is 40.9 Å². The Hall–Kier alpha value is -1.16. The van der Waals surface area contributed by atoms with Crippen molar-refractivity contribution in [2.24, 2.45) is 0 Å². The van der Waals surface area contributed by atoms with Crippen molar-refractivity contribution in [3.8, 4) is 0 Å². The fraction of sp³-hybridized carbons (Fsp3) is 0.462. The number of rotatable bonds is 5. The van der Waals surface area contributed by atoms with Crippen molar-refractivity contribution in [1.82, 2.24) is 0 Å². The predicted molar refractivity (Wildman–Crippen MR) is 71.9 cm³/mol. The molecule has 0 fully saturated rings. The molecule has 1 unspecified atom stereocenters. The van der Waals surface area contributed by atoms with Crippen LogP contribution in [-0.4, -0.2) is 35.2 Å². The van der Waals surface area contributed by atoms with Gasteiger partial charge in [-0.25, -0.2) is 4.79 Å². The number of carbonyl (C=O) groups is 1. The van der Waals surface area contributed by atoms with Gasteiger partial charge < -0.3 is 10.0 Å². The van der Waals surface area contributed by atoms with Crippen molar-refractivity contribution in [3.05, 3.63) is 29.8 Å². The summed E-state index contributed by atoms with van der Waals surface area (Å²) in [5.74, 6) is 1.34. The highest BCUT2D eigenvalue weighted by Gasteiger charge is 2.33. The Balaban J connectivity index is 2.15. The Bertz CT molecular complexity index is 408. The standard InChI is InChI=1S/C13H17NO2S/c1-2-17-8-7-14-11-6-4-3-5-10(11)9-12(14)13(15)16/h3-6,12H,2,7-9H2,1H3,(H,15,16). The third-order valence-electron chi connectivity index (χ3n) is 3.06. The Morgan fingerprint density at radius 3 is 3.00 bits per heavy atom. The lowest BCUT2D eigenvalue weighted by molar-refractivity contribution is -0.138. The van der Waals surface area contributed by atoms with Crippen molar-refractivity contribution >= 4 is 23.4 Å². The molecule has 2 rings (SSSR count). The molecule has 0 aliphatic carbocycles. The van der Waals surface area contributed by atoms with E-state index in [1.54, 1.807) is 0 Å². The van der Waals surface area contributed by atoms with E-state index < -0.39 is 5.97 Å². The van der Waals surface area contributed by atoms with Crippen LogP contribution in [-0.2, 0) is 11.2 Å². The molecule has 0 radical (unpaired) electrons. The van der Waals surface area contributed by atoms with E-state index in [1.165, 1.54) is 0 Å². The first-order valence-corrected chi connectivity index (χ1v) is 7.04. The molecular weight excluding hydrogens is 234 g/mol. The summed E-state index contributed by atoms with van der Waals surface area (Å²) in [5.41, 5.74) is 2.25. The summed E-state index contributed by atoms with van der Waals surface area (Å²) in [6, 6.07) is 7.61. The van der Waals surface area contributed by atoms with E-state index in [-0.39, 0.29) is 6.04 Å². The minimum Gasteiger partial charge on any atom is -0.480 e. The zero-order chi connectivity index (χ0) is 12.3. The molecule has 17 heavy (non-hydrogen) atoms. The fourth-order valence-electron chi connectivity index (χ4n) is 2.25. The number of fused-ring (bicyclic) bond motifs is 1. The maximum absolute atomic E-state index is 11.3. The number of aliphatic carboxylic acids is 1. The van der Waals surface area contributed by atoms with Crippen molar-refractivity contribution in [2.75, 3.05) is 23.0 Å². The van der Waals surface area contributed by atoms with Crippen LogP contribution in [0.4, 0.5) is 5.69 Å². The van der Waals surface area contributed by atoms with Gasteiger partial charge in [-0.05, 0) is 17.4 Å². The van der Waals surface area contributed by atoms with E-state index in [2.05, 4.69) is 6.92 Å². The average molecular weight is 251 g/mol. The quantitative estimate of drug-likeness (QED) is 0.815. The average Bonchev–Trinajstić information content (AvgIpc) is 2.69. The van der Waals surface area contributed by atoms with E-state index in [4.69, 9.17) is 0 Å². The number of thioether (sulfide) groups is 1. The molecule has 0 bridgehead atoms. The molecular formula is C13H17NO2S. The van der Waals surface area contributed by atoms with Gasteiger partial charge in [0, 0.05) is 24.4 Å². The second-order valence-electron chi connectivity index (χ2n) is 4.08. The zero-order valence-corrected chi connectivity index (χ0v) is 10.7. The first-order valence-electron chi connectivity index (χ1n) is 5.89. The van der Waals surface area contributed by atoms with Gasteiger partial charge in [-0.1, -0.05) is 25.1 Å². The number of hydrogen-bond donors (Lipinski definition) is 1. The van der Waals surface area contributed by atoms with Gasteiger partial charge in [0.25, 0.3) is 0 Å². The van der Waals surface area contributed by atoms with E-state index >= 15 is 0 Å². The second-order valence-corrected chi connectivity index (χ2v) is 5.47. The smallest absolute Gasteiger partial charge is 0.326 e. The molecule has 1 atom stereocenters. The predicted octanol–water partition coefficient (Wildman–Crippen LogP) is 2.26. The molecule has 1 heterocycles. The monoisotopic (exact) mass is 251 g/mol. The molecule has 0 aromatic heterocycles. The number of carboxylic acid groups (broad SMARTS) is 1. The molecule has 1 aliphatic rings. The summed E-state index contributed by atoms with van der Waals surface area (Å²) in [7, 11) is 0. The Kier molecular flexibility index (Phi) is 3.94. The van der Waals surface area contributed by atoms with Crippen LogP contribution >= 0.6 is 11.8 Å². The summed E-state index contributed by atoms with van der Waals surface area (Å²) in [4.78, 5) is 13.3. The Labute approximate surface area is 106 Å². The van der Waals surface area contributed by atoms with E-state index in [0.717, 1.165) is 29.3 Å². The van der Waals surface area contributed by atoms with Crippen molar-refractivity contribution in [3.63, 3.8) is 0 Å². The molecule has 0 saturated heterocycles. The van der Waals surface area contributed by atoms with Crippen molar-refractivity contribution in [2.45, 2.75) is 19.4 Å². The molecule has 4 heteroatoms. The second kappa shape index (κ2) is 5.45. The highest BCUT2D eigenvalue weighted by atomic mass is 32.2. The fourth-order valence-corrected chi connectivity index (χ4v) is 2.87. The molecule has 1 aromatic rings. The van der Waals surface area contributed by atoms with Gasteiger partial charge in [-0.3, -0.25) is 0 Å². The third kappa shape index (κ3) is 2.57. The first kappa shape index (κ1) is 12.3. The number of nitrogens with zero attached hydrogens (tertiary/aromatic N) is 1. The van der Waals surface area contributed by atoms with Gasteiger partial charge in [0.1, 0.15) is 6.04 Å². The Morgan fingerprint density at radius 2 is 2.29 bits per heavy atom. The number of para-hydroxylation sites is 1. The Morgan fingerprint density at radius 1 is 1.53 bits per heavy atom. The molecule has 0 amide bonds. The number of carboxylic acids is 1. The van der Waals surface area contributed by atoms with Gasteiger partial charge >= 0.3 is 5.97 Å². The van der Waals surface area contributed by atoms with Crippen LogP contribution in [0.1, 0.15) is 12.5 Å². The maximum Gasteiger partial charge on any atom is 0.326 e. The normalized spacial score (nSPS) is 18.2. The van der Waals surface area contributed by atoms with Gasteiger partial charge in [0.05, 0.1) is 0 Å². The molecule has 3 nitrogen and oxygen atoms in total. The first-order chi connectivity index (χ1) is 8.24. The molecule has 1 aromatic carbocycles. The van der Waals surface area contributed by atoms with Crippen molar-refractivity contribution in [1.29, 1.82) is 0 Å². The van der Waals surface area contributed by atoms with Crippen LogP contribution in [0, 0.1) is 0 Å². The minimum absolute atomic E-state index is 0.384. The largest absolute Gasteiger partial charge is 0.480 e. The topological polar surface area (TPSA) is 40.5 Å². The lowest BCUT2D eigenvalue weighted by Gasteiger charge is -2.24. The molecule has 0 saturated carbocycles. The summed E-state index contributed by atoms with van der Waals surface area (Å²) in [6.45, 7) is 2.93. The van der Waals surface area contributed by atoms with Crippen LogP contribution in [0.15, 0.2) is 24.3 Å². The van der Waals surface area contributed by atoms with Crippen LogP contribution in [0.3, 0.4) is 0 Å². The summed E-state index contributed by atoms with van der Waals surface area (Å²) in [6.07, 6.45) is 0.627. The van der Waals surface area contributed by atoms with E-state index in [0.29, 0.717) is 6.42 Å². The third-order valence-corrected chi connectivity index (χ3v) is 3.94. The summed E-state index contributed by atoms with van der Waals surface area (Å²) in [5, 5.41) is 9.26. The van der Waals surface area contributed by atoms with Crippen LogP contribution in [0.25, 0.3) is 0 Å². The number of benzene rings is 1. The van der Waals surface area contributed by atoms with Crippen molar-refractivity contribution < 1.29 is 9.90 Å². The minimum atomic E-state index is -0.720. The molecule has 0 spiro atoms. The molecule has 1 aliphatic heterocycles. The summed E-state index contributed by atoms with van der Waals surface area (Å²) < 4.78 is 0. The van der Waals surface area contributed by atoms with Gasteiger partial charge in [0.15, 0.2) is 0 Å². The maximum atomic E-state index is 11.3. The lowest BCUT2D eigenvalue weighted by atomic mass is 10.1. The van der Waals surface area contributed by atoms with E-state index in [9.17, 15) is 9.90 Å². The van der Waals surface area contributed by atoms with Gasteiger partial charge in [0.2, 0.25) is 0 Å². The zero-order valence-electron chi connectivity index (χ0n) is 9.93. The number of anilines is 1. The SMILES string of the molecule is CCSCCN1c2ccccc2CC1C(=O)O. The molecule has 92 valence electrons. The van der Waals surface area contributed by atoms with Gasteiger partial charge in [-0.15, -0.1) is 0 Å². The van der Waals surface area contributed by atoms with Crippen LogP contribution < -0.4 is 4.90 Å². The van der Waals surface area contributed by atoms with Crippen LogP contribution in [0.2, 0.25) is 0 Å². The summed E-state index contributed by atoms with van der Waals surface area (Å²) >= 11 is 1.85.